The summed E-state index contributed by atoms with van der Waals surface area (Å²) in [6.07, 6.45) is -2.90. The molecular weight excluding hydrogens is 609 g/mol. The van der Waals surface area contributed by atoms with E-state index >= 15 is 0 Å². The van der Waals surface area contributed by atoms with Gasteiger partial charge in [0.25, 0.3) is 5.91 Å². The van der Waals surface area contributed by atoms with Crippen LogP contribution in [0.25, 0.3) is 0 Å². The molecular formula is C32H49F3N4O7. The molecule has 3 aliphatic rings. The maximum atomic E-state index is 14.2. The van der Waals surface area contributed by atoms with E-state index in [-0.39, 0.29) is 41.9 Å². The normalized spacial score (nSPS) is 24.4. The Kier molecular flexibility index (Phi) is 10.4. The third kappa shape index (κ3) is 8.02. The van der Waals surface area contributed by atoms with E-state index in [0.717, 1.165) is 12.8 Å². The van der Waals surface area contributed by atoms with Crippen molar-refractivity contribution in [2.45, 2.75) is 118 Å². The predicted molar refractivity (Wildman–Crippen MR) is 161 cm³/mol. The number of likely N-dealkylation sites (tertiary alicyclic amines) is 1. The molecule has 4 N–H and O–H groups in total. The van der Waals surface area contributed by atoms with Crippen molar-refractivity contribution in [2.24, 2.45) is 46.2 Å². The number of nitrogens with zero attached hydrogens (tertiary/aromatic N) is 1. The number of alkyl halides is 3. The molecule has 0 bridgehead atoms. The molecule has 14 heteroatoms. The van der Waals surface area contributed by atoms with Crippen LogP contribution in [0.1, 0.15) is 88.0 Å². The van der Waals surface area contributed by atoms with Crippen molar-refractivity contribution < 1.29 is 46.7 Å². The third-order valence-corrected chi connectivity index (χ3v) is 9.83. The minimum absolute atomic E-state index is 0.00523. The number of urea groups is 1. The Morgan fingerprint density at radius 1 is 0.978 bits per heavy atom. The molecule has 4 amide bonds. The number of carbonyl (C=O) groups is 6. The summed E-state index contributed by atoms with van der Waals surface area (Å²) in [7, 11) is 0. The number of primary amides is 1. The van der Waals surface area contributed by atoms with Crippen molar-refractivity contribution in [1.82, 2.24) is 15.5 Å². The topological polar surface area (TPSA) is 165 Å². The van der Waals surface area contributed by atoms with Crippen LogP contribution in [0.4, 0.5) is 18.0 Å². The number of halogens is 3. The van der Waals surface area contributed by atoms with Crippen molar-refractivity contribution in [2.75, 3.05) is 6.54 Å². The second-order valence-electron chi connectivity index (χ2n) is 15.7. The zero-order valence-electron chi connectivity index (χ0n) is 28.2. The maximum Gasteiger partial charge on any atom is 0.427 e. The molecule has 46 heavy (non-hydrogen) atoms. The highest BCUT2D eigenvalue weighted by Gasteiger charge is 2.69. The Morgan fingerprint density at radius 3 is 2.00 bits per heavy atom. The molecule has 0 aromatic rings. The van der Waals surface area contributed by atoms with Crippen LogP contribution in [0.5, 0.6) is 0 Å². The standard InChI is InChI=1S/C32H49F3N4O7/c1-15(2)21(27(44)46-31(8,9)32(33,34)35)37-28(45)38-24(29(3,4)5)26(43)39-14-18-20(30(18,6)7)22(39)19(40)13-17(12-16-10-11-16)23(41)25(36)42/h15-18,20-22,24H,10-14H2,1-9H3,(H2,36,42)(H2,37,38,45)/t17?,18-,20-,21-,22+,24+/m0/s1. The molecule has 1 unspecified atom stereocenters. The summed E-state index contributed by atoms with van der Waals surface area (Å²) in [5, 5.41) is 4.95. The summed E-state index contributed by atoms with van der Waals surface area (Å²) in [4.78, 5) is 79.8. The van der Waals surface area contributed by atoms with Gasteiger partial charge in [0, 0.05) is 18.9 Å². The fourth-order valence-electron chi connectivity index (χ4n) is 6.49. The summed E-state index contributed by atoms with van der Waals surface area (Å²) < 4.78 is 44.8. The van der Waals surface area contributed by atoms with E-state index in [1.54, 1.807) is 20.8 Å². The fourth-order valence-corrected chi connectivity index (χ4v) is 6.49. The number of ether oxygens (including phenoxy) is 1. The third-order valence-electron chi connectivity index (χ3n) is 9.83. The number of fused-ring (bicyclic) bond motifs is 1. The molecule has 3 fully saturated rings. The summed E-state index contributed by atoms with van der Waals surface area (Å²) >= 11 is 0. The Labute approximate surface area is 268 Å². The predicted octanol–water partition coefficient (Wildman–Crippen LogP) is 3.52. The second-order valence-corrected chi connectivity index (χ2v) is 15.7. The summed E-state index contributed by atoms with van der Waals surface area (Å²) in [5.74, 6) is -5.55. The summed E-state index contributed by atoms with van der Waals surface area (Å²) in [6, 6.07) is -4.52. The molecule has 260 valence electrons. The van der Waals surface area contributed by atoms with E-state index in [4.69, 9.17) is 10.5 Å². The van der Waals surface area contributed by atoms with E-state index in [1.165, 1.54) is 18.7 Å². The maximum absolute atomic E-state index is 14.2. The monoisotopic (exact) mass is 658 g/mol. The number of piperidine rings is 1. The van der Waals surface area contributed by atoms with Crippen LogP contribution in [0.2, 0.25) is 0 Å². The number of hydrogen-bond donors (Lipinski definition) is 3. The van der Waals surface area contributed by atoms with Gasteiger partial charge in [-0.15, -0.1) is 0 Å². The van der Waals surface area contributed by atoms with Gasteiger partial charge in [0.05, 0.1) is 6.04 Å². The van der Waals surface area contributed by atoms with Gasteiger partial charge < -0.3 is 26.0 Å². The van der Waals surface area contributed by atoms with Crippen LogP contribution in [0.15, 0.2) is 0 Å². The van der Waals surface area contributed by atoms with E-state index < -0.39 is 76.8 Å². The van der Waals surface area contributed by atoms with Gasteiger partial charge in [0.2, 0.25) is 17.3 Å². The minimum Gasteiger partial charge on any atom is -0.448 e. The number of Topliss-reactive ketones (excluding diaryl/α,β-unsaturated/α-hetero) is 2. The van der Waals surface area contributed by atoms with Gasteiger partial charge in [-0.2, -0.15) is 13.2 Å². The first kappa shape index (κ1) is 37.3. The first-order valence-electron chi connectivity index (χ1n) is 15.8. The summed E-state index contributed by atoms with van der Waals surface area (Å²) in [5.41, 5.74) is 1.34. The first-order valence-corrected chi connectivity index (χ1v) is 15.8. The minimum atomic E-state index is -4.85. The number of carbonyl (C=O) groups excluding carboxylic acids is 6. The lowest BCUT2D eigenvalue weighted by Crippen LogP contribution is -2.61. The number of amides is 4. The Bertz CT molecular complexity index is 1250. The van der Waals surface area contributed by atoms with Crippen molar-refractivity contribution >= 4 is 35.4 Å². The molecule has 1 aliphatic heterocycles. The number of rotatable bonds is 13. The molecule has 6 atom stereocenters. The molecule has 1 heterocycles. The van der Waals surface area contributed by atoms with Gasteiger partial charge in [0.15, 0.2) is 5.78 Å². The SMILES string of the molecule is CC(C)[C@H](NC(=O)N[C@H](C(=O)N1C[C@H]2[C@@H]([C@H]1C(=O)CC(CC1CC1)C(=O)C(N)=O)C2(C)C)C(C)(C)C)C(=O)OC(C)(C)C(F)(F)F. The molecule has 0 aromatic heterocycles. The van der Waals surface area contributed by atoms with Gasteiger partial charge in [-0.1, -0.05) is 61.3 Å². The number of nitrogens with two attached hydrogens (primary N) is 1. The van der Waals surface area contributed by atoms with Crippen LogP contribution in [0, 0.1) is 40.4 Å². The Hall–Kier alpha value is -3.19. The molecule has 3 rings (SSSR count). The average molecular weight is 659 g/mol. The second kappa shape index (κ2) is 12.8. The average Bonchev–Trinajstić information content (AvgIpc) is 3.74. The van der Waals surface area contributed by atoms with Crippen LogP contribution in [0.3, 0.4) is 0 Å². The van der Waals surface area contributed by atoms with Crippen LogP contribution in [-0.2, 0) is 28.7 Å². The first-order chi connectivity index (χ1) is 20.8. The van der Waals surface area contributed by atoms with Crippen molar-refractivity contribution in [3.63, 3.8) is 0 Å². The lowest BCUT2D eigenvalue weighted by atomic mass is 9.84. The van der Waals surface area contributed by atoms with Crippen molar-refractivity contribution in [1.29, 1.82) is 0 Å². The fraction of sp³-hybridized carbons (Fsp3) is 0.812. The van der Waals surface area contributed by atoms with Gasteiger partial charge in [0.1, 0.15) is 12.1 Å². The zero-order valence-corrected chi connectivity index (χ0v) is 28.2. The molecule has 2 aliphatic carbocycles. The summed E-state index contributed by atoms with van der Waals surface area (Å²) in [6.45, 7) is 13.8. The molecule has 0 aromatic carbocycles. The smallest absolute Gasteiger partial charge is 0.427 e. The molecule has 1 saturated heterocycles. The Balaban J connectivity index is 1.81. The van der Waals surface area contributed by atoms with Gasteiger partial charge in [-0.05, 0) is 54.8 Å². The number of ketones is 2. The number of nitrogens with one attached hydrogen (secondary N) is 2. The van der Waals surface area contributed by atoms with Gasteiger partial charge >= 0.3 is 18.2 Å². The highest BCUT2D eigenvalue weighted by atomic mass is 19.4. The van der Waals surface area contributed by atoms with Crippen LogP contribution < -0.4 is 16.4 Å². The van der Waals surface area contributed by atoms with Crippen molar-refractivity contribution in [3.05, 3.63) is 0 Å². The van der Waals surface area contributed by atoms with Crippen LogP contribution >= 0.6 is 0 Å². The molecule has 0 spiro atoms. The number of esters is 1. The van der Waals surface area contributed by atoms with E-state index in [0.29, 0.717) is 20.3 Å². The lowest BCUT2D eigenvalue weighted by molar-refractivity contribution is -0.258. The highest BCUT2D eigenvalue weighted by Crippen LogP contribution is 2.65. The lowest BCUT2D eigenvalue weighted by Gasteiger charge is -2.38. The van der Waals surface area contributed by atoms with Crippen LogP contribution in [-0.4, -0.2) is 76.7 Å². The van der Waals surface area contributed by atoms with Crippen molar-refractivity contribution in [3.8, 4) is 0 Å². The molecule has 0 radical (unpaired) electrons. The van der Waals surface area contributed by atoms with Gasteiger partial charge in [-0.25, -0.2) is 9.59 Å². The van der Waals surface area contributed by atoms with E-state index in [9.17, 15) is 41.9 Å². The quantitative estimate of drug-likeness (QED) is 0.201. The van der Waals surface area contributed by atoms with E-state index in [1.807, 2.05) is 13.8 Å². The Morgan fingerprint density at radius 2 is 1.54 bits per heavy atom. The van der Waals surface area contributed by atoms with E-state index in [2.05, 4.69) is 10.6 Å². The number of hydrogen-bond acceptors (Lipinski definition) is 7. The molecule has 11 nitrogen and oxygen atoms in total. The van der Waals surface area contributed by atoms with Gasteiger partial charge in [-0.3, -0.25) is 19.2 Å². The molecule has 2 saturated carbocycles. The largest absolute Gasteiger partial charge is 0.448 e. The zero-order chi connectivity index (χ0) is 35.3. The highest BCUT2D eigenvalue weighted by molar-refractivity contribution is 6.36.